The number of carbonyl (C=O) groups excluding carboxylic acids is 1. The van der Waals surface area contributed by atoms with Crippen LogP contribution in [0, 0.1) is 0 Å². The first-order chi connectivity index (χ1) is 10.4. The predicted molar refractivity (Wildman–Crippen MR) is 88.6 cm³/mol. The first-order valence-electron chi connectivity index (χ1n) is 7.49. The van der Waals surface area contributed by atoms with Crippen molar-refractivity contribution in [3.63, 3.8) is 0 Å². The Hall–Kier alpha value is -2.29. The summed E-state index contributed by atoms with van der Waals surface area (Å²) in [5.41, 5.74) is 4.10. The fraction of sp³-hybridized carbons (Fsp3) is 0.316. The van der Waals surface area contributed by atoms with Gasteiger partial charge in [0.15, 0.2) is 0 Å². The number of hydrogen-bond donors (Lipinski definition) is 0. The van der Waals surface area contributed by atoms with Crippen LogP contribution in [0.15, 0.2) is 42.5 Å². The van der Waals surface area contributed by atoms with E-state index in [1.165, 1.54) is 5.56 Å². The highest BCUT2D eigenvalue weighted by molar-refractivity contribution is 6.10. The van der Waals surface area contributed by atoms with Gasteiger partial charge in [0.25, 0.3) is 5.91 Å². The average Bonchev–Trinajstić information content (AvgIpc) is 2.83. The molecule has 0 radical (unpaired) electrons. The van der Waals surface area contributed by atoms with Gasteiger partial charge in [0.2, 0.25) is 0 Å². The van der Waals surface area contributed by atoms with Crippen LogP contribution in [-0.2, 0) is 12.0 Å². The number of rotatable bonds is 2. The Morgan fingerprint density at radius 3 is 2.32 bits per heavy atom. The molecule has 22 heavy (non-hydrogen) atoms. The molecule has 2 aromatic carbocycles. The standard InChI is InChI=1S/C19H21NO2/c1-19(2,3)14-6-8-15(9-7-14)20-12-13-5-10-16(22-4)11-17(13)18(20)21/h5-11H,12H2,1-4H3. The van der Waals surface area contributed by atoms with Crippen LogP contribution >= 0.6 is 0 Å². The molecule has 0 spiro atoms. The lowest BCUT2D eigenvalue weighted by atomic mass is 9.87. The van der Waals surface area contributed by atoms with Crippen LogP contribution in [0.2, 0.25) is 0 Å². The van der Waals surface area contributed by atoms with Gasteiger partial charge in [0, 0.05) is 11.3 Å². The minimum Gasteiger partial charge on any atom is -0.497 e. The molecule has 3 heteroatoms. The summed E-state index contributed by atoms with van der Waals surface area (Å²) < 4.78 is 5.21. The zero-order valence-electron chi connectivity index (χ0n) is 13.5. The van der Waals surface area contributed by atoms with Crippen LogP contribution in [0.1, 0.15) is 42.3 Å². The summed E-state index contributed by atoms with van der Waals surface area (Å²) >= 11 is 0. The van der Waals surface area contributed by atoms with E-state index in [1.54, 1.807) is 7.11 Å². The van der Waals surface area contributed by atoms with Gasteiger partial charge in [-0.05, 0) is 40.8 Å². The lowest BCUT2D eigenvalue weighted by Gasteiger charge is -2.21. The minimum absolute atomic E-state index is 0.0393. The number of nitrogens with zero attached hydrogens (tertiary/aromatic N) is 1. The third kappa shape index (κ3) is 2.47. The summed E-state index contributed by atoms with van der Waals surface area (Å²) in [6.07, 6.45) is 0. The molecule has 1 aliphatic rings. The molecule has 2 aromatic rings. The Morgan fingerprint density at radius 1 is 1.05 bits per heavy atom. The Balaban J connectivity index is 1.90. The van der Waals surface area contributed by atoms with Gasteiger partial charge in [-0.2, -0.15) is 0 Å². The monoisotopic (exact) mass is 295 g/mol. The Labute approximate surface area is 131 Å². The van der Waals surface area contributed by atoms with Crippen LogP contribution < -0.4 is 9.64 Å². The van der Waals surface area contributed by atoms with E-state index in [0.29, 0.717) is 6.54 Å². The van der Waals surface area contributed by atoms with Crippen molar-refractivity contribution in [3.8, 4) is 5.75 Å². The van der Waals surface area contributed by atoms with Crippen molar-refractivity contribution < 1.29 is 9.53 Å². The zero-order valence-corrected chi connectivity index (χ0v) is 13.5. The maximum Gasteiger partial charge on any atom is 0.259 e. The van der Waals surface area contributed by atoms with Crippen molar-refractivity contribution in [1.82, 2.24) is 0 Å². The molecule has 1 heterocycles. The summed E-state index contributed by atoms with van der Waals surface area (Å²) in [5.74, 6) is 0.759. The van der Waals surface area contributed by atoms with Crippen LogP contribution in [-0.4, -0.2) is 13.0 Å². The van der Waals surface area contributed by atoms with Crippen LogP contribution in [0.3, 0.4) is 0 Å². The Bertz CT molecular complexity index is 711. The molecule has 0 aromatic heterocycles. The molecule has 0 fully saturated rings. The largest absolute Gasteiger partial charge is 0.497 e. The van der Waals surface area contributed by atoms with Crippen molar-refractivity contribution >= 4 is 11.6 Å². The fourth-order valence-electron chi connectivity index (χ4n) is 2.76. The van der Waals surface area contributed by atoms with E-state index in [4.69, 9.17) is 4.74 Å². The summed E-state index contributed by atoms with van der Waals surface area (Å²) in [6.45, 7) is 7.18. The lowest BCUT2D eigenvalue weighted by Crippen LogP contribution is -2.23. The number of hydrogen-bond acceptors (Lipinski definition) is 2. The molecule has 3 nitrogen and oxygen atoms in total. The minimum atomic E-state index is 0.0393. The number of benzene rings is 2. The molecule has 0 unspecified atom stereocenters. The second-order valence-corrected chi connectivity index (χ2v) is 6.71. The van der Waals surface area contributed by atoms with E-state index in [-0.39, 0.29) is 11.3 Å². The molecule has 0 aliphatic carbocycles. The predicted octanol–water partition coefficient (Wildman–Crippen LogP) is 4.15. The van der Waals surface area contributed by atoms with E-state index in [9.17, 15) is 4.79 Å². The molecule has 0 saturated carbocycles. The third-order valence-corrected chi connectivity index (χ3v) is 4.17. The second kappa shape index (κ2) is 5.16. The van der Waals surface area contributed by atoms with Crippen molar-refractivity contribution in [2.45, 2.75) is 32.7 Å². The first-order valence-corrected chi connectivity index (χ1v) is 7.49. The van der Waals surface area contributed by atoms with Crippen molar-refractivity contribution in [2.75, 3.05) is 12.0 Å². The summed E-state index contributed by atoms with van der Waals surface area (Å²) in [4.78, 5) is 14.4. The topological polar surface area (TPSA) is 29.5 Å². The van der Waals surface area contributed by atoms with Gasteiger partial charge < -0.3 is 9.64 Å². The zero-order chi connectivity index (χ0) is 15.9. The molecule has 0 N–H and O–H groups in total. The summed E-state index contributed by atoms with van der Waals surface area (Å²) in [7, 11) is 1.62. The number of anilines is 1. The van der Waals surface area contributed by atoms with Crippen LogP contribution in [0.4, 0.5) is 5.69 Å². The van der Waals surface area contributed by atoms with E-state index >= 15 is 0 Å². The number of fused-ring (bicyclic) bond motifs is 1. The molecule has 0 saturated heterocycles. The number of carbonyl (C=O) groups is 1. The van der Waals surface area contributed by atoms with Crippen molar-refractivity contribution in [3.05, 3.63) is 59.2 Å². The molecule has 0 atom stereocenters. The van der Waals surface area contributed by atoms with Crippen LogP contribution in [0.25, 0.3) is 0 Å². The van der Waals surface area contributed by atoms with E-state index in [0.717, 1.165) is 22.6 Å². The summed E-state index contributed by atoms with van der Waals surface area (Å²) in [6, 6.07) is 14.0. The molecular formula is C19H21NO2. The number of ether oxygens (including phenoxy) is 1. The number of amides is 1. The van der Waals surface area contributed by atoms with Crippen LogP contribution in [0.5, 0.6) is 5.75 Å². The van der Waals surface area contributed by atoms with Gasteiger partial charge in [0.1, 0.15) is 5.75 Å². The van der Waals surface area contributed by atoms with E-state index in [2.05, 4.69) is 32.9 Å². The Morgan fingerprint density at radius 2 is 1.73 bits per heavy atom. The highest BCUT2D eigenvalue weighted by atomic mass is 16.5. The molecule has 3 rings (SSSR count). The van der Waals surface area contributed by atoms with Gasteiger partial charge in [-0.15, -0.1) is 0 Å². The smallest absolute Gasteiger partial charge is 0.259 e. The normalized spacial score (nSPS) is 14.2. The molecular weight excluding hydrogens is 274 g/mol. The van der Waals surface area contributed by atoms with E-state index < -0.39 is 0 Å². The first kappa shape index (κ1) is 14.6. The molecule has 1 amide bonds. The number of methoxy groups -OCH3 is 1. The summed E-state index contributed by atoms with van der Waals surface area (Å²) in [5, 5.41) is 0. The molecule has 0 bridgehead atoms. The molecule has 114 valence electrons. The van der Waals surface area contributed by atoms with Gasteiger partial charge in [-0.1, -0.05) is 39.0 Å². The van der Waals surface area contributed by atoms with E-state index in [1.807, 2.05) is 35.2 Å². The highest BCUT2D eigenvalue weighted by Gasteiger charge is 2.29. The Kier molecular flexibility index (Phi) is 3.44. The quantitative estimate of drug-likeness (QED) is 0.833. The van der Waals surface area contributed by atoms with Crippen molar-refractivity contribution in [2.24, 2.45) is 0 Å². The second-order valence-electron chi connectivity index (χ2n) is 6.71. The SMILES string of the molecule is COc1ccc2c(c1)C(=O)N(c1ccc(C(C)(C)C)cc1)C2. The molecule has 1 aliphatic heterocycles. The third-order valence-electron chi connectivity index (χ3n) is 4.17. The van der Waals surface area contributed by atoms with Gasteiger partial charge in [-0.3, -0.25) is 4.79 Å². The maximum atomic E-state index is 12.6. The van der Waals surface area contributed by atoms with Gasteiger partial charge in [-0.25, -0.2) is 0 Å². The van der Waals surface area contributed by atoms with Crippen molar-refractivity contribution in [1.29, 1.82) is 0 Å². The maximum absolute atomic E-state index is 12.6. The average molecular weight is 295 g/mol. The highest BCUT2D eigenvalue weighted by Crippen LogP contribution is 2.32. The van der Waals surface area contributed by atoms with Gasteiger partial charge in [0.05, 0.1) is 13.7 Å². The van der Waals surface area contributed by atoms with Gasteiger partial charge >= 0.3 is 0 Å². The lowest BCUT2D eigenvalue weighted by molar-refractivity contribution is 0.0996. The fourth-order valence-corrected chi connectivity index (χ4v) is 2.76.